The molecule has 0 aromatic heterocycles. The molecule has 0 amide bonds. The van der Waals surface area contributed by atoms with Crippen LogP contribution < -0.4 is 14.8 Å². The lowest BCUT2D eigenvalue weighted by molar-refractivity contribution is -0.153. The first-order valence-electron chi connectivity index (χ1n) is 6.67. The van der Waals surface area contributed by atoms with E-state index in [0.29, 0.717) is 18.3 Å². The number of nitrogens with one attached hydrogen (secondary N) is 1. The average Bonchev–Trinajstić information content (AvgIpc) is 2.44. The van der Waals surface area contributed by atoms with Crippen LogP contribution in [0.2, 0.25) is 0 Å². The minimum atomic E-state index is -4.35. The number of piperidine rings is 1. The largest absolute Gasteiger partial charge is 0.489 e. The number of hydrogen-bond acceptors (Lipinski definition) is 3. The van der Waals surface area contributed by atoms with E-state index in [1.165, 1.54) is 6.07 Å². The third kappa shape index (κ3) is 6.44. The van der Waals surface area contributed by atoms with Gasteiger partial charge in [-0.1, -0.05) is 12.1 Å². The zero-order valence-electron chi connectivity index (χ0n) is 11.5. The molecule has 1 aromatic carbocycles. The Balaban J connectivity index is 0.00000220. The molecule has 0 aliphatic carbocycles. The lowest BCUT2D eigenvalue weighted by Gasteiger charge is -2.23. The zero-order valence-corrected chi connectivity index (χ0v) is 12.3. The lowest BCUT2D eigenvalue weighted by Crippen LogP contribution is -2.33. The van der Waals surface area contributed by atoms with Crippen LogP contribution in [0.4, 0.5) is 13.2 Å². The predicted octanol–water partition coefficient (Wildman–Crippen LogP) is 3.43. The molecule has 1 heterocycles. The van der Waals surface area contributed by atoms with Crippen molar-refractivity contribution in [2.75, 3.05) is 26.3 Å². The van der Waals surface area contributed by atoms with Gasteiger partial charge in [0.25, 0.3) is 0 Å². The van der Waals surface area contributed by atoms with Crippen LogP contribution in [0.3, 0.4) is 0 Å². The predicted molar refractivity (Wildman–Crippen MR) is 76.3 cm³/mol. The van der Waals surface area contributed by atoms with E-state index in [1.807, 2.05) is 0 Å². The first kappa shape index (κ1) is 17.9. The molecule has 0 bridgehead atoms. The van der Waals surface area contributed by atoms with Gasteiger partial charge in [-0.2, -0.15) is 13.2 Å². The fourth-order valence-corrected chi connectivity index (χ4v) is 2.12. The smallest absolute Gasteiger partial charge is 0.422 e. The molecule has 2 rings (SSSR count). The third-order valence-electron chi connectivity index (χ3n) is 3.11. The number of ether oxygens (including phenoxy) is 2. The van der Waals surface area contributed by atoms with Crippen LogP contribution in [0, 0.1) is 5.92 Å². The van der Waals surface area contributed by atoms with Crippen molar-refractivity contribution in [1.29, 1.82) is 0 Å². The van der Waals surface area contributed by atoms with Crippen molar-refractivity contribution < 1.29 is 22.6 Å². The molecular formula is C14H19ClF3NO2. The molecule has 120 valence electrons. The monoisotopic (exact) mass is 325 g/mol. The maximum absolute atomic E-state index is 12.2. The van der Waals surface area contributed by atoms with Gasteiger partial charge < -0.3 is 14.8 Å². The fourth-order valence-electron chi connectivity index (χ4n) is 2.12. The Hall–Kier alpha value is -1.14. The highest BCUT2D eigenvalue weighted by atomic mass is 35.5. The zero-order chi connectivity index (χ0) is 14.4. The molecule has 0 spiro atoms. The first-order chi connectivity index (χ1) is 9.54. The Kier molecular flexibility index (Phi) is 7.11. The maximum Gasteiger partial charge on any atom is 0.422 e. The molecule has 0 saturated carbocycles. The van der Waals surface area contributed by atoms with E-state index in [-0.39, 0.29) is 18.2 Å². The van der Waals surface area contributed by atoms with Gasteiger partial charge in [0, 0.05) is 12.5 Å². The van der Waals surface area contributed by atoms with Gasteiger partial charge in [0.1, 0.15) is 0 Å². The minimum absolute atomic E-state index is 0. The van der Waals surface area contributed by atoms with Crippen molar-refractivity contribution in [2.24, 2.45) is 5.92 Å². The van der Waals surface area contributed by atoms with Crippen LogP contribution >= 0.6 is 12.4 Å². The second-order valence-corrected chi connectivity index (χ2v) is 4.87. The number of benzene rings is 1. The van der Waals surface area contributed by atoms with Crippen LogP contribution in [0.5, 0.6) is 11.5 Å². The molecule has 1 fully saturated rings. The molecule has 1 unspecified atom stereocenters. The van der Waals surface area contributed by atoms with Crippen LogP contribution in [0.15, 0.2) is 24.3 Å². The summed E-state index contributed by atoms with van der Waals surface area (Å²) in [6, 6.07) is 6.46. The van der Waals surface area contributed by atoms with Crippen molar-refractivity contribution in [3.8, 4) is 11.5 Å². The topological polar surface area (TPSA) is 30.5 Å². The molecule has 1 atom stereocenters. The standard InChI is InChI=1S/C14H18F3NO2.ClH/c15-14(16,17)10-20-13-6-2-1-5-12(13)19-9-11-4-3-7-18-8-11;/h1-2,5-6,11,18H,3-4,7-10H2;1H. The van der Waals surface area contributed by atoms with Crippen molar-refractivity contribution in [3.05, 3.63) is 24.3 Å². The molecular weight excluding hydrogens is 307 g/mol. The van der Waals surface area contributed by atoms with E-state index in [0.717, 1.165) is 25.9 Å². The number of alkyl halides is 3. The average molecular weight is 326 g/mol. The van der Waals surface area contributed by atoms with E-state index in [1.54, 1.807) is 18.2 Å². The van der Waals surface area contributed by atoms with Crippen molar-refractivity contribution in [1.82, 2.24) is 5.32 Å². The summed E-state index contributed by atoms with van der Waals surface area (Å²) in [5.41, 5.74) is 0. The lowest BCUT2D eigenvalue weighted by atomic mass is 10.0. The highest BCUT2D eigenvalue weighted by Crippen LogP contribution is 2.29. The highest BCUT2D eigenvalue weighted by Gasteiger charge is 2.29. The maximum atomic E-state index is 12.2. The summed E-state index contributed by atoms with van der Waals surface area (Å²) in [7, 11) is 0. The quantitative estimate of drug-likeness (QED) is 0.899. The van der Waals surface area contributed by atoms with Gasteiger partial charge in [0.15, 0.2) is 18.1 Å². The molecule has 1 aliphatic rings. The van der Waals surface area contributed by atoms with Crippen LogP contribution in [0.25, 0.3) is 0 Å². The Morgan fingerprint density at radius 2 is 1.81 bits per heavy atom. The second kappa shape index (κ2) is 8.34. The van der Waals surface area contributed by atoms with Gasteiger partial charge in [0.05, 0.1) is 6.61 Å². The van der Waals surface area contributed by atoms with Crippen molar-refractivity contribution in [3.63, 3.8) is 0 Å². The Morgan fingerprint density at radius 1 is 1.14 bits per heavy atom. The summed E-state index contributed by atoms with van der Waals surface area (Å²) in [5.74, 6) is 0.885. The van der Waals surface area contributed by atoms with Gasteiger partial charge in [-0.05, 0) is 31.5 Å². The van der Waals surface area contributed by atoms with Gasteiger partial charge >= 0.3 is 6.18 Å². The molecule has 1 N–H and O–H groups in total. The normalized spacial score (nSPS) is 18.7. The van der Waals surface area contributed by atoms with Crippen molar-refractivity contribution in [2.45, 2.75) is 19.0 Å². The van der Waals surface area contributed by atoms with E-state index in [2.05, 4.69) is 5.32 Å². The Bertz CT molecular complexity index is 423. The molecule has 1 aromatic rings. The Labute approximate surface area is 128 Å². The van der Waals surface area contributed by atoms with Crippen LogP contribution in [-0.4, -0.2) is 32.5 Å². The molecule has 0 radical (unpaired) electrons. The molecule has 1 aliphatic heterocycles. The van der Waals surface area contributed by atoms with Crippen LogP contribution in [-0.2, 0) is 0 Å². The van der Waals surface area contributed by atoms with E-state index < -0.39 is 12.8 Å². The fraction of sp³-hybridized carbons (Fsp3) is 0.571. The Morgan fingerprint density at radius 3 is 2.38 bits per heavy atom. The SMILES string of the molecule is Cl.FC(F)(F)COc1ccccc1OCC1CCCNC1. The number of rotatable bonds is 5. The number of para-hydroxylation sites is 2. The first-order valence-corrected chi connectivity index (χ1v) is 6.67. The molecule has 3 nitrogen and oxygen atoms in total. The van der Waals surface area contributed by atoms with Crippen LogP contribution in [0.1, 0.15) is 12.8 Å². The summed E-state index contributed by atoms with van der Waals surface area (Å²) in [4.78, 5) is 0. The van der Waals surface area contributed by atoms with Crippen molar-refractivity contribution >= 4 is 12.4 Å². The third-order valence-corrected chi connectivity index (χ3v) is 3.11. The van der Waals surface area contributed by atoms with Gasteiger partial charge in [0.2, 0.25) is 0 Å². The minimum Gasteiger partial charge on any atom is -0.489 e. The molecule has 1 saturated heterocycles. The summed E-state index contributed by atoms with van der Waals surface area (Å²) < 4.78 is 46.9. The van der Waals surface area contributed by atoms with E-state index >= 15 is 0 Å². The van der Waals surface area contributed by atoms with E-state index in [9.17, 15) is 13.2 Å². The molecule has 7 heteroatoms. The number of halogens is 4. The summed E-state index contributed by atoms with van der Waals surface area (Å²) in [6.45, 7) is 1.07. The van der Waals surface area contributed by atoms with Gasteiger partial charge in [-0.15, -0.1) is 12.4 Å². The highest BCUT2D eigenvalue weighted by molar-refractivity contribution is 5.85. The summed E-state index contributed by atoms with van der Waals surface area (Å²) in [6.07, 6.45) is -2.18. The molecule has 21 heavy (non-hydrogen) atoms. The second-order valence-electron chi connectivity index (χ2n) is 4.87. The summed E-state index contributed by atoms with van der Waals surface area (Å²) >= 11 is 0. The van der Waals surface area contributed by atoms with Gasteiger partial charge in [-0.25, -0.2) is 0 Å². The summed E-state index contributed by atoms with van der Waals surface area (Å²) in [5, 5.41) is 3.27. The van der Waals surface area contributed by atoms with Gasteiger partial charge in [-0.3, -0.25) is 0 Å². The number of hydrogen-bond donors (Lipinski definition) is 1. The van der Waals surface area contributed by atoms with E-state index in [4.69, 9.17) is 9.47 Å².